The number of nitrogens with zero attached hydrogens (tertiary/aromatic N) is 1. The average molecular weight is 305 g/mol. The lowest BCUT2D eigenvalue weighted by molar-refractivity contribution is 0.601. The number of benzene rings is 2. The molecular weight excluding hydrogens is 286 g/mol. The highest BCUT2D eigenvalue weighted by molar-refractivity contribution is 7.92. The van der Waals surface area contributed by atoms with Gasteiger partial charge in [0.25, 0.3) is 10.0 Å². The summed E-state index contributed by atoms with van der Waals surface area (Å²) < 4.78 is 27.1. The van der Waals surface area contributed by atoms with Crippen LogP contribution in [0.4, 0.5) is 17.1 Å². The van der Waals surface area contributed by atoms with Crippen LogP contribution in [-0.4, -0.2) is 29.6 Å². The summed E-state index contributed by atoms with van der Waals surface area (Å²) in [5, 5.41) is 2.95. The molecule has 0 aromatic heterocycles. The summed E-state index contributed by atoms with van der Waals surface area (Å²) in [6.45, 7) is 0. The molecule has 0 radical (unpaired) electrons. The molecule has 0 saturated heterocycles. The van der Waals surface area contributed by atoms with Crippen LogP contribution < -0.4 is 14.9 Å². The van der Waals surface area contributed by atoms with Gasteiger partial charge in [0.1, 0.15) is 0 Å². The van der Waals surface area contributed by atoms with Gasteiger partial charge in [-0.2, -0.15) is 0 Å². The third-order valence-electron chi connectivity index (χ3n) is 3.09. The summed E-state index contributed by atoms with van der Waals surface area (Å²) in [5.41, 5.74) is 2.42. The lowest BCUT2D eigenvalue weighted by Gasteiger charge is -2.13. The van der Waals surface area contributed by atoms with E-state index in [4.69, 9.17) is 0 Å². The van der Waals surface area contributed by atoms with Gasteiger partial charge in [0, 0.05) is 38.2 Å². The number of anilines is 3. The van der Waals surface area contributed by atoms with Gasteiger partial charge in [0.2, 0.25) is 0 Å². The van der Waals surface area contributed by atoms with Crippen LogP contribution >= 0.6 is 0 Å². The van der Waals surface area contributed by atoms with Gasteiger partial charge in [-0.3, -0.25) is 4.72 Å². The molecular formula is C15H19N3O2S. The van der Waals surface area contributed by atoms with Crippen LogP contribution in [0.2, 0.25) is 0 Å². The molecule has 2 N–H and O–H groups in total. The van der Waals surface area contributed by atoms with E-state index < -0.39 is 10.0 Å². The van der Waals surface area contributed by atoms with E-state index in [9.17, 15) is 8.42 Å². The molecule has 2 aromatic carbocycles. The van der Waals surface area contributed by atoms with Crippen molar-refractivity contribution in [2.24, 2.45) is 0 Å². The zero-order valence-corrected chi connectivity index (χ0v) is 13.1. The summed E-state index contributed by atoms with van der Waals surface area (Å²) in [7, 11) is 2.09. The molecule has 0 aliphatic heterocycles. The van der Waals surface area contributed by atoms with Crippen molar-refractivity contribution in [3.8, 4) is 0 Å². The molecule has 0 unspecified atom stereocenters. The van der Waals surface area contributed by atoms with E-state index in [1.165, 1.54) is 0 Å². The van der Waals surface area contributed by atoms with Crippen molar-refractivity contribution in [1.82, 2.24) is 0 Å². The first-order valence-electron chi connectivity index (χ1n) is 6.50. The highest BCUT2D eigenvalue weighted by Crippen LogP contribution is 2.20. The Morgan fingerprint density at radius 1 is 0.857 bits per heavy atom. The monoisotopic (exact) mass is 305 g/mol. The standard InChI is InChI=1S/C15H19N3O2S/c1-16-12-6-10-15(11-7-12)21(19,20)17-13-4-8-14(9-5-13)18(2)3/h4-11,16-17H,1-3H3. The maximum absolute atomic E-state index is 12.3. The van der Waals surface area contributed by atoms with Crippen molar-refractivity contribution < 1.29 is 8.42 Å². The minimum Gasteiger partial charge on any atom is -0.388 e. The number of sulfonamides is 1. The van der Waals surface area contributed by atoms with Crippen LogP contribution in [-0.2, 0) is 10.0 Å². The lowest BCUT2D eigenvalue weighted by Crippen LogP contribution is -2.13. The highest BCUT2D eigenvalue weighted by atomic mass is 32.2. The fourth-order valence-corrected chi connectivity index (χ4v) is 2.90. The molecule has 112 valence electrons. The Bertz CT molecular complexity index is 693. The third-order valence-corrected chi connectivity index (χ3v) is 4.49. The van der Waals surface area contributed by atoms with Gasteiger partial charge in [-0.1, -0.05) is 0 Å². The van der Waals surface area contributed by atoms with E-state index in [1.807, 2.05) is 31.1 Å². The van der Waals surface area contributed by atoms with E-state index in [-0.39, 0.29) is 4.90 Å². The summed E-state index contributed by atoms with van der Waals surface area (Å²) in [6.07, 6.45) is 0. The maximum Gasteiger partial charge on any atom is 0.261 e. The molecule has 2 rings (SSSR count). The van der Waals surface area contributed by atoms with E-state index in [0.29, 0.717) is 5.69 Å². The van der Waals surface area contributed by atoms with Gasteiger partial charge in [0.15, 0.2) is 0 Å². The summed E-state index contributed by atoms with van der Waals surface area (Å²) in [4.78, 5) is 2.19. The SMILES string of the molecule is CNc1ccc(S(=O)(=O)Nc2ccc(N(C)C)cc2)cc1. The molecule has 0 fully saturated rings. The smallest absolute Gasteiger partial charge is 0.261 e. The Kier molecular flexibility index (Phi) is 4.37. The van der Waals surface area contributed by atoms with Crippen molar-refractivity contribution in [3.05, 3.63) is 48.5 Å². The van der Waals surface area contributed by atoms with Crippen molar-refractivity contribution in [1.29, 1.82) is 0 Å². The van der Waals surface area contributed by atoms with Gasteiger partial charge in [-0.15, -0.1) is 0 Å². The molecule has 0 saturated carbocycles. The van der Waals surface area contributed by atoms with E-state index in [2.05, 4.69) is 10.0 Å². The Morgan fingerprint density at radius 2 is 1.38 bits per heavy atom. The van der Waals surface area contributed by atoms with Gasteiger partial charge in [0.05, 0.1) is 4.90 Å². The van der Waals surface area contributed by atoms with Crippen LogP contribution in [0.5, 0.6) is 0 Å². The van der Waals surface area contributed by atoms with Crippen molar-refractivity contribution in [3.63, 3.8) is 0 Å². The summed E-state index contributed by atoms with van der Waals surface area (Å²) in [6, 6.07) is 13.8. The fourth-order valence-electron chi connectivity index (χ4n) is 1.84. The molecule has 0 amide bonds. The quantitative estimate of drug-likeness (QED) is 0.891. The topological polar surface area (TPSA) is 61.4 Å². The van der Waals surface area contributed by atoms with E-state index in [0.717, 1.165) is 11.4 Å². The molecule has 0 aliphatic rings. The van der Waals surface area contributed by atoms with Crippen LogP contribution in [0.25, 0.3) is 0 Å². The van der Waals surface area contributed by atoms with Crippen LogP contribution in [0, 0.1) is 0 Å². The maximum atomic E-state index is 12.3. The van der Waals surface area contributed by atoms with Gasteiger partial charge in [-0.05, 0) is 48.5 Å². The molecule has 0 atom stereocenters. The zero-order valence-electron chi connectivity index (χ0n) is 12.3. The van der Waals surface area contributed by atoms with Crippen LogP contribution in [0.1, 0.15) is 0 Å². The first-order chi connectivity index (χ1) is 9.92. The minimum absolute atomic E-state index is 0.234. The molecule has 0 bridgehead atoms. The number of rotatable bonds is 5. The lowest BCUT2D eigenvalue weighted by atomic mass is 10.3. The molecule has 2 aromatic rings. The molecule has 0 aliphatic carbocycles. The first kappa shape index (κ1) is 15.2. The van der Waals surface area contributed by atoms with E-state index in [1.54, 1.807) is 43.4 Å². The Labute approximate surface area is 125 Å². The fraction of sp³-hybridized carbons (Fsp3) is 0.200. The molecule has 6 heteroatoms. The average Bonchev–Trinajstić information content (AvgIpc) is 2.47. The van der Waals surface area contributed by atoms with Gasteiger partial charge < -0.3 is 10.2 Å². The number of nitrogens with one attached hydrogen (secondary N) is 2. The normalized spacial score (nSPS) is 11.0. The molecule has 0 heterocycles. The molecule has 5 nitrogen and oxygen atoms in total. The van der Waals surface area contributed by atoms with Gasteiger partial charge >= 0.3 is 0 Å². The molecule has 21 heavy (non-hydrogen) atoms. The predicted molar refractivity (Wildman–Crippen MR) is 87.6 cm³/mol. The van der Waals surface area contributed by atoms with Crippen LogP contribution in [0.3, 0.4) is 0 Å². The summed E-state index contributed by atoms with van der Waals surface area (Å²) in [5.74, 6) is 0. The summed E-state index contributed by atoms with van der Waals surface area (Å²) >= 11 is 0. The van der Waals surface area contributed by atoms with Crippen molar-refractivity contribution >= 4 is 27.1 Å². The van der Waals surface area contributed by atoms with Gasteiger partial charge in [-0.25, -0.2) is 8.42 Å². The Hall–Kier alpha value is -2.21. The predicted octanol–water partition coefficient (Wildman–Crippen LogP) is 2.60. The second kappa shape index (κ2) is 6.05. The largest absolute Gasteiger partial charge is 0.388 e. The second-order valence-electron chi connectivity index (χ2n) is 4.82. The molecule has 0 spiro atoms. The number of hydrogen-bond donors (Lipinski definition) is 2. The Balaban J connectivity index is 2.19. The minimum atomic E-state index is -3.56. The first-order valence-corrected chi connectivity index (χ1v) is 7.99. The Morgan fingerprint density at radius 3 is 1.86 bits per heavy atom. The third kappa shape index (κ3) is 3.66. The number of hydrogen-bond acceptors (Lipinski definition) is 4. The van der Waals surface area contributed by atoms with Crippen molar-refractivity contribution in [2.45, 2.75) is 4.90 Å². The van der Waals surface area contributed by atoms with Crippen molar-refractivity contribution in [2.75, 3.05) is 36.1 Å². The second-order valence-corrected chi connectivity index (χ2v) is 6.50. The van der Waals surface area contributed by atoms with E-state index >= 15 is 0 Å². The zero-order chi connectivity index (χ0) is 15.5. The highest BCUT2D eigenvalue weighted by Gasteiger charge is 2.13. The van der Waals surface area contributed by atoms with Crippen LogP contribution in [0.15, 0.2) is 53.4 Å².